The smallest absolute Gasteiger partial charge is 0.379 e. The zero-order valence-electron chi connectivity index (χ0n) is 21.4. The van der Waals surface area contributed by atoms with Crippen LogP contribution in [-0.2, 0) is 17.3 Å². The maximum atomic E-state index is 13.1. The first kappa shape index (κ1) is 26.7. The van der Waals surface area contributed by atoms with Gasteiger partial charge in [0, 0.05) is 37.9 Å². The third kappa shape index (κ3) is 5.77. The summed E-state index contributed by atoms with van der Waals surface area (Å²) in [6.45, 7) is 5.07. The normalized spacial score (nSPS) is 18.4. The Bertz CT molecular complexity index is 1430. The van der Waals surface area contributed by atoms with Crippen molar-refractivity contribution in [2.75, 3.05) is 26.3 Å². The number of nitriles is 1. The van der Waals surface area contributed by atoms with Gasteiger partial charge in [0.15, 0.2) is 11.6 Å². The molecule has 1 aliphatic heterocycles. The number of carbonyl (C=O) groups is 1. The maximum Gasteiger partial charge on any atom is 0.417 e. The molecule has 8 nitrogen and oxygen atoms in total. The molecule has 0 aromatic carbocycles. The number of ether oxygens (including phenoxy) is 1. The molecule has 0 bridgehead atoms. The van der Waals surface area contributed by atoms with Crippen molar-refractivity contribution in [3.05, 3.63) is 76.5 Å². The molecule has 0 N–H and O–H groups in total. The van der Waals surface area contributed by atoms with Gasteiger partial charge in [-0.3, -0.25) is 14.7 Å². The van der Waals surface area contributed by atoms with E-state index in [1.807, 2.05) is 0 Å². The molecule has 0 amide bonds. The highest BCUT2D eigenvalue weighted by Crippen LogP contribution is 2.31. The summed E-state index contributed by atoms with van der Waals surface area (Å²) >= 11 is 0. The fourth-order valence-corrected chi connectivity index (χ4v) is 5.13. The Morgan fingerprint density at radius 2 is 1.97 bits per heavy atom. The highest BCUT2D eigenvalue weighted by Gasteiger charge is 2.31. The molecular weight excluding hydrogens is 509 g/mol. The largest absolute Gasteiger partial charge is 0.417 e. The van der Waals surface area contributed by atoms with Gasteiger partial charge >= 0.3 is 6.18 Å². The van der Waals surface area contributed by atoms with Gasteiger partial charge < -0.3 is 4.74 Å². The average molecular weight is 537 g/mol. The molecule has 5 rings (SSSR count). The number of carbonyl (C=O) groups excluding carboxylic acids is 1. The molecular formula is C28H27F3N6O2. The van der Waals surface area contributed by atoms with Crippen LogP contribution in [0.2, 0.25) is 0 Å². The molecule has 1 atom stereocenters. The van der Waals surface area contributed by atoms with Gasteiger partial charge in [0.25, 0.3) is 0 Å². The molecule has 0 saturated carbocycles. The maximum absolute atomic E-state index is 13.1. The number of allylic oxidation sites excluding steroid dienone is 1. The Morgan fingerprint density at radius 3 is 2.62 bits per heavy atom. The van der Waals surface area contributed by atoms with Crippen molar-refractivity contribution in [1.29, 1.82) is 5.26 Å². The zero-order valence-corrected chi connectivity index (χ0v) is 21.4. The topological polar surface area (TPSA) is 96.9 Å². The summed E-state index contributed by atoms with van der Waals surface area (Å²) in [4.78, 5) is 24.0. The Balaban J connectivity index is 1.28. The number of nitrogens with zero attached hydrogens (tertiary/aromatic N) is 6. The van der Waals surface area contributed by atoms with Crippen LogP contribution in [0.3, 0.4) is 0 Å². The van der Waals surface area contributed by atoms with E-state index >= 15 is 0 Å². The average Bonchev–Trinajstić information content (AvgIpc) is 3.34. The van der Waals surface area contributed by atoms with E-state index in [-0.39, 0.29) is 18.0 Å². The van der Waals surface area contributed by atoms with Crippen LogP contribution in [0.1, 0.15) is 57.7 Å². The van der Waals surface area contributed by atoms with Crippen LogP contribution in [0, 0.1) is 18.3 Å². The number of hydrogen-bond acceptors (Lipinski definition) is 7. The number of pyridine rings is 2. The van der Waals surface area contributed by atoms with Crippen LogP contribution in [-0.4, -0.2) is 62.8 Å². The highest BCUT2D eigenvalue weighted by atomic mass is 19.4. The van der Waals surface area contributed by atoms with E-state index in [0.29, 0.717) is 34.1 Å². The van der Waals surface area contributed by atoms with Crippen molar-refractivity contribution in [3.8, 4) is 11.9 Å². The van der Waals surface area contributed by atoms with Crippen molar-refractivity contribution >= 4 is 11.4 Å². The minimum atomic E-state index is -4.49. The quantitative estimate of drug-likeness (QED) is 0.426. The summed E-state index contributed by atoms with van der Waals surface area (Å²) in [5.74, 6) is -0.0664. The minimum absolute atomic E-state index is 0.00703. The molecule has 1 saturated heterocycles. The number of hydrogen-bond donors (Lipinski definition) is 0. The first-order valence-electron chi connectivity index (χ1n) is 12.8. The lowest BCUT2D eigenvalue weighted by molar-refractivity contribution is -0.137. The lowest BCUT2D eigenvalue weighted by Crippen LogP contribution is -2.43. The molecule has 0 spiro atoms. The van der Waals surface area contributed by atoms with Gasteiger partial charge in [0.2, 0.25) is 0 Å². The summed E-state index contributed by atoms with van der Waals surface area (Å²) < 4.78 is 45.3. The molecule has 202 valence electrons. The zero-order chi connectivity index (χ0) is 27.6. The van der Waals surface area contributed by atoms with Crippen molar-refractivity contribution in [2.24, 2.45) is 0 Å². The van der Waals surface area contributed by atoms with Gasteiger partial charge in [0.1, 0.15) is 6.07 Å². The number of morpholine rings is 1. The lowest BCUT2D eigenvalue weighted by atomic mass is 9.90. The van der Waals surface area contributed by atoms with Crippen LogP contribution in [0.15, 0.2) is 42.9 Å². The van der Waals surface area contributed by atoms with Gasteiger partial charge in [-0.05, 0) is 55.5 Å². The molecule has 2 aliphatic rings. The number of halogens is 3. The van der Waals surface area contributed by atoms with Gasteiger partial charge in [-0.15, -0.1) is 0 Å². The predicted octanol–water partition coefficient (Wildman–Crippen LogP) is 4.55. The molecule has 4 heterocycles. The fraction of sp³-hybridized carbons (Fsp3) is 0.393. The first-order valence-corrected chi connectivity index (χ1v) is 12.8. The SMILES string of the molecule is Cc1c(C(=O)Cc2cnc(C3=CCC(N4CCOCC4)CC3)c(C#N)c2)cnn1-c1ccc(C(F)(F)F)cn1. The highest BCUT2D eigenvalue weighted by molar-refractivity contribution is 5.98. The molecule has 1 unspecified atom stereocenters. The van der Waals surface area contributed by atoms with Crippen molar-refractivity contribution in [2.45, 2.75) is 44.8 Å². The van der Waals surface area contributed by atoms with Gasteiger partial charge in [-0.1, -0.05) is 6.08 Å². The summed E-state index contributed by atoms with van der Waals surface area (Å²) in [6.07, 6.45) is 4.16. The van der Waals surface area contributed by atoms with E-state index in [2.05, 4.69) is 32.1 Å². The van der Waals surface area contributed by atoms with Crippen molar-refractivity contribution in [3.63, 3.8) is 0 Å². The molecule has 3 aromatic heterocycles. The van der Waals surface area contributed by atoms with Crippen molar-refractivity contribution in [1.82, 2.24) is 24.6 Å². The third-order valence-electron chi connectivity index (χ3n) is 7.28. The molecule has 39 heavy (non-hydrogen) atoms. The lowest BCUT2D eigenvalue weighted by Gasteiger charge is -2.36. The van der Waals surface area contributed by atoms with Crippen LogP contribution < -0.4 is 0 Å². The van der Waals surface area contributed by atoms with Gasteiger partial charge in [-0.25, -0.2) is 9.67 Å². The molecule has 1 aliphatic carbocycles. The standard InChI is InChI=1S/C28H27F3N6O2/c1-18-24(17-35-37(18)26-7-4-22(16-33-26)28(29,30)31)25(38)13-19-12-21(14-32)27(34-15-19)20-2-5-23(6-3-20)36-8-10-39-11-9-36/h2,4,7,12,15-17,23H,3,5-6,8-11,13H2,1H3. The summed E-state index contributed by atoms with van der Waals surface area (Å²) in [5, 5.41) is 14.0. The summed E-state index contributed by atoms with van der Waals surface area (Å²) in [5.41, 5.74) is 2.66. The van der Waals surface area contributed by atoms with E-state index in [0.717, 1.165) is 63.4 Å². The monoisotopic (exact) mass is 536 g/mol. The first-order chi connectivity index (χ1) is 18.7. The van der Waals surface area contributed by atoms with Crippen LogP contribution in [0.5, 0.6) is 0 Å². The Labute approximate surface area is 223 Å². The number of Topliss-reactive ketones (excluding diaryl/α,β-unsaturated/α-hetero) is 1. The van der Waals surface area contributed by atoms with E-state index in [4.69, 9.17) is 4.74 Å². The Kier molecular flexibility index (Phi) is 7.59. The molecule has 0 radical (unpaired) electrons. The van der Waals surface area contributed by atoms with Crippen LogP contribution >= 0.6 is 0 Å². The molecule has 3 aromatic rings. The van der Waals surface area contributed by atoms with Gasteiger partial charge in [-0.2, -0.15) is 23.5 Å². The number of ketones is 1. The van der Waals surface area contributed by atoms with Crippen molar-refractivity contribution < 1.29 is 22.7 Å². The van der Waals surface area contributed by atoms with Crippen LogP contribution in [0.4, 0.5) is 13.2 Å². The second kappa shape index (κ2) is 11.1. The van der Waals surface area contributed by atoms with Crippen LogP contribution in [0.25, 0.3) is 11.4 Å². The number of rotatable bonds is 6. The fourth-order valence-electron chi connectivity index (χ4n) is 5.13. The molecule has 1 fully saturated rings. The van der Waals surface area contributed by atoms with E-state index in [9.17, 15) is 23.2 Å². The number of alkyl halides is 3. The number of aromatic nitrogens is 4. The van der Waals surface area contributed by atoms with E-state index < -0.39 is 11.7 Å². The predicted molar refractivity (Wildman–Crippen MR) is 136 cm³/mol. The Morgan fingerprint density at radius 1 is 1.18 bits per heavy atom. The summed E-state index contributed by atoms with van der Waals surface area (Å²) in [7, 11) is 0. The third-order valence-corrected chi connectivity index (χ3v) is 7.28. The summed E-state index contributed by atoms with van der Waals surface area (Å²) in [6, 6.07) is 6.53. The molecule has 11 heteroatoms. The van der Waals surface area contributed by atoms with E-state index in [1.165, 1.54) is 16.9 Å². The second-order valence-electron chi connectivity index (χ2n) is 9.72. The van der Waals surface area contributed by atoms with E-state index in [1.54, 1.807) is 19.2 Å². The second-order valence-corrected chi connectivity index (χ2v) is 9.72. The minimum Gasteiger partial charge on any atom is -0.379 e. The van der Waals surface area contributed by atoms with Gasteiger partial charge in [0.05, 0.1) is 47.5 Å². The Hall–Kier alpha value is -3.88.